The fourth-order valence-electron chi connectivity index (χ4n) is 3.49. The van der Waals surface area contributed by atoms with Gasteiger partial charge in [-0.25, -0.2) is 9.97 Å². The summed E-state index contributed by atoms with van der Waals surface area (Å²) in [6.07, 6.45) is 1.66. The smallest absolute Gasteiger partial charge is 0.134 e. The predicted octanol–water partition coefficient (Wildman–Crippen LogP) is 3.04. The van der Waals surface area contributed by atoms with Crippen LogP contribution >= 0.6 is 11.8 Å². The van der Waals surface area contributed by atoms with E-state index < -0.39 is 0 Å². The largest absolute Gasteiger partial charge is 0.378 e. The molecule has 144 valence electrons. The second-order valence-corrected chi connectivity index (χ2v) is 8.14. The van der Waals surface area contributed by atoms with Crippen molar-refractivity contribution in [1.82, 2.24) is 9.97 Å². The first kappa shape index (κ1) is 18.4. The second kappa shape index (κ2) is 8.80. The third-order valence-corrected chi connectivity index (χ3v) is 6.06. The highest BCUT2D eigenvalue weighted by Gasteiger charge is 2.15. The molecule has 0 spiro atoms. The molecule has 2 saturated heterocycles. The first-order valence-electron chi connectivity index (χ1n) is 9.63. The fourth-order valence-corrected chi connectivity index (χ4v) is 4.39. The van der Waals surface area contributed by atoms with Crippen LogP contribution in [0.2, 0.25) is 0 Å². The number of hydrogen-bond donors (Lipinski definition) is 1. The van der Waals surface area contributed by atoms with Crippen LogP contribution in [-0.2, 0) is 4.74 Å². The lowest BCUT2D eigenvalue weighted by Crippen LogP contribution is -2.36. The SMILES string of the molecule is CC(Nc1cc(N2CCSCC2)ncn1)c1ccc(N2CCOCC2)cc1. The van der Waals surface area contributed by atoms with E-state index in [9.17, 15) is 0 Å². The van der Waals surface area contributed by atoms with Crippen molar-refractivity contribution in [2.45, 2.75) is 13.0 Å². The van der Waals surface area contributed by atoms with Crippen LogP contribution in [0, 0.1) is 0 Å². The van der Waals surface area contributed by atoms with Gasteiger partial charge in [0, 0.05) is 55.5 Å². The normalized spacial score (nSPS) is 19.0. The Morgan fingerprint density at radius 1 is 1.00 bits per heavy atom. The molecule has 1 unspecified atom stereocenters. The zero-order valence-corrected chi connectivity index (χ0v) is 16.6. The van der Waals surface area contributed by atoms with Crippen molar-refractivity contribution in [3.63, 3.8) is 0 Å². The number of benzene rings is 1. The molecule has 2 fully saturated rings. The molecule has 0 bridgehead atoms. The van der Waals surface area contributed by atoms with E-state index in [-0.39, 0.29) is 6.04 Å². The molecule has 0 radical (unpaired) electrons. The Hall–Kier alpha value is -1.99. The summed E-state index contributed by atoms with van der Waals surface area (Å²) in [7, 11) is 0. The number of anilines is 3. The van der Waals surface area contributed by atoms with Crippen LogP contribution in [0.25, 0.3) is 0 Å². The van der Waals surface area contributed by atoms with Crippen molar-refractivity contribution in [2.75, 3.05) is 66.0 Å². The van der Waals surface area contributed by atoms with Crippen molar-refractivity contribution < 1.29 is 4.74 Å². The summed E-state index contributed by atoms with van der Waals surface area (Å²) in [5, 5.41) is 3.52. The molecule has 2 aliphatic heterocycles. The van der Waals surface area contributed by atoms with E-state index in [1.54, 1.807) is 6.33 Å². The van der Waals surface area contributed by atoms with Crippen molar-refractivity contribution in [1.29, 1.82) is 0 Å². The molecule has 2 aromatic rings. The van der Waals surface area contributed by atoms with Crippen LogP contribution < -0.4 is 15.1 Å². The average molecular weight is 386 g/mol. The van der Waals surface area contributed by atoms with Gasteiger partial charge in [-0.05, 0) is 24.6 Å². The highest BCUT2D eigenvalue weighted by atomic mass is 32.2. The average Bonchev–Trinajstić information content (AvgIpc) is 2.75. The number of nitrogens with one attached hydrogen (secondary N) is 1. The van der Waals surface area contributed by atoms with E-state index in [0.29, 0.717) is 0 Å². The first-order valence-corrected chi connectivity index (χ1v) is 10.8. The number of ether oxygens (including phenoxy) is 1. The van der Waals surface area contributed by atoms with Gasteiger partial charge in [0.15, 0.2) is 0 Å². The molecule has 1 N–H and O–H groups in total. The molecule has 27 heavy (non-hydrogen) atoms. The van der Waals surface area contributed by atoms with E-state index in [4.69, 9.17) is 4.74 Å². The molecule has 7 heteroatoms. The summed E-state index contributed by atoms with van der Waals surface area (Å²) in [6.45, 7) is 7.83. The van der Waals surface area contributed by atoms with Gasteiger partial charge >= 0.3 is 0 Å². The third kappa shape index (κ3) is 4.65. The fraction of sp³-hybridized carbons (Fsp3) is 0.500. The topological polar surface area (TPSA) is 53.5 Å². The predicted molar refractivity (Wildman–Crippen MR) is 113 cm³/mol. The maximum atomic E-state index is 5.43. The Bertz CT molecular complexity index is 729. The summed E-state index contributed by atoms with van der Waals surface area (Å²) >= 11 is 2.01. The van der Waals surface area contributed by atoms with E-state index in [1.807, 2.05) is 11.8 Å². The maximum Gasteiger partial charge on any atom is 0.134 e. The zero-order valence-electron chi connectivity index (χ0n) is 15.8. The lowest BCUT2D eigenvalue weighted by atomic mass is 10.1. The summed E-state index contributed by atoms with van der Waals surface area (Å²) in [5.41, 5.74) is 2.52. The molecule has 4 rings (SSSR count). The number of morpholine rings is 1. The second-order valence-electron chi connectivity index (χ2n) is 6.92. The van der Waals surface area contributed by atoms with Crippen molar-refractivity contribution >= 4 is 29.1 Å². The summed E-state index contributed by atoms with van der Waals surface area (Å²) in [4.78, 5) is 13.6. The maximum absolute atomic E-state index is 5.43. The molecule has 2 aliphatic rings. The van der Waals surface area contributed by atoms with Gasteiger partial charge in [-0.15, -0.1) is 0 Å². The van der Waals surface area contributed by atoms with Crippen LogP contribution in [0.1, 0.15) is 18.5 Å². The minimum Gasteiger partial charge on any atom is -0.378 e. The highest BCUT2D eigenvalue weighted by molar-refractivity contribution is 7.99. The quantitative estimate of drug-likeness (QED) is 0.849. The van der Waals surface area contributed by atoms with Crippen LogP contribution in [0.5, 0.6) is 0 Å². The number of aromatic nitrogens is 2. The molecule has 0 aliphatic carbocycles. The van der Waals surface area contributed by atoms with E-state index in [2.05, 4.69) is 62.3 Å². The first-order chi connectivity index (χ1) is 13.3. The Balaban J connectivity index is 1.40. The molecule has 1 aromatic heterocycles. The molecule has 1 atom stereocenters. The highest BCUT2D eigenvalue weighted by Crippen LogP contribution is 2.24. The molecular weight excluding hydrogens is 358 g/mol. The van der Waals surface area contributed by atoms with Gasteiger partial charge in [-0.2, -0.15) is 11.8 Å². The van der Waals surface area contributed by atoms with Crippen LogP contribution in [0.3, 0.4) is 0 Å². The van der Waals surface area contributed by atoms with Gasteiger partial charge in [0.05, 0.1) is 13.2 Å². The summed E-state index contributed by atoms with van der Waals surface area (Å²) < 4.78 is 5.43. The molecule has 6 nitrogen and oxygen atoms in total. The van der Waals surface area contributed by atoms with Gasteiger partial charge in [-0.1, -0.05) is 12.1 Å². The molecule has 0 saturated carbocycles. The van der Waals surface area contributed by atoms with Crippen LogP contribution in [-0.4, -0.2) is 60.9 Å². The Kier molecular flexibility index (Phi) is 5.99. The van der Waals surface area contributed by atoms with Crippen molar-refractivity contribution in [3.05, 3.63) is 42.2 Å². The van der Waals surface area contributed by atoms with Gasteiger partial charge in [0.25, 0.3) is 0 Å². The van der Waals surface area contributed by atoms with Gasteiger partial charge in [-0.3, -0.25) is 0 Å². The van der Waals surface area contributed by atoms with Gasteiger partial charge < -0.3 is 19.9 Å². The monoisotopic (exact) mass is 385 g/mol. The lowest BCUT2D eigenvalue weighted by molar-refractivity contribution is 0.122. The number of rotatable bonds is 5. The van der Waals surface area contributed by atoms with Crippen molar-refractivity contribution in [2.24, 2.45) is 0 Å². The minimum absolute atomic E-state index is 0.184. The van der Waals surface area contributed by atoms with Crippen LogP contribution in [0.15, 0.2) is 36.7 Å². The van der Waals surface area contributed by atoms with Crippen molar-refractivity contribution in [3.8, 4) is 0 Å². The van der Waals surface area contributed by atoms with E-state index in [0.717, 1.165) is 51.0 Å². The Morgan fingerprint density at radius 2 is 1.74 bits per heavy atom. The number of thioether (sulfide) groups is 1. The zero-order chi connectivity index (χ0) is 18.5. The number of hydrogen-bond acceptors (Lipinski definition) is 7. The van der Waals surface area contributed by atoms with Gasteiger partial charge in [0.2, 0.25) is 0 Å². The summed E-state index contributed by atoms with van der Waals surface area (Å²) in [6, 6.07) is 11.1. The van der Waals surface area contributed by atoms with Gasteiger partial charge in [0.1, 0.15) is 18.0 Å². The minimum atomic E-state index is 0.184. The summed E-state index contributed by atoms with van der Waals surface area (Å²) in [5.74, 6) is 4.22. The molecule has 3 heterocycles. The standard InChI is InChI=1S/C20H27N5OS/c1-16(17-2-4-18(5-3-17)24-6-10-26-11-7-24)23-19-14-20(22-15-21-19)25-8-12-27-13-9-25/h2-5,14-16H,6-13H2,1H3,(H,21,22,23). The molecule has 1 aromatic carbocycles. The molecular formula is C20H27N5OS. The van der Waals surface area contributed by atoms with Crippen LogP contribution in [0.4, 0.5) is 17.3 Å². The Labute approximate surface area is 165 Å². The third-order valence-electron chi connectivity index (χ3n) is 5.12. The Morgan fingerprint density at radius 3 is 2.48 bits per heavy atom. The number of nitrogens with zero attached hydrogens (tertiary/aromatic N) is 4. The van der Waals surface area contributed by atoms with E-state index in [1.165, 1.54) is 22.8 Å². The molecule has 0 amide bonds. The lowest BCUT2D eigenvalue weighted by Gasteiger charge is -2.29. The van der Waals surface area contributed by atoms with E-state index >= 15 is 0 Å².